The van der Waals surface area contributed by atoms with Crippen LogP contribution in [0.25, 0.3) is 0 Å². The first-order valence-electron chi connectivity index (χ1n) is 6.10. The summed E-state index contributed by atoms with van der Waals surface area (Å²) < 4.78 is 0. The number of hydrogen-bond donors (Lipinski definition) is 1. The van der Waals surface area contributed by atoms with Gasteiger partial charge in [-0.2, -0.15) is 5.26 Å². The molecule has 0 saturated carbocycles. The van der Waals surface area contributed by atoms with Crippen LogP contribution in [0.15, 0.2) is 12.3 Å². The van der Waals surface area contributed by atoms with Crippen molar-refractivity contribution in [3.05, 3.63) is 17.8 Å². The predicted octanol–water partition coefficient (Wildman–Crippen LogP) is 0.922. The van der Waals surface area contributed by atoms with Crippen molar-refractivity contribution in [1.29, 1.82) is 5.26 Å². The maximum absolute atomic E-state index is 9.16. The summed E-state index contributed by atoms with van der Waals surface area (Å²) in [4.78, 5) is 8.72. The van der Waals surface area contributed by atoms with Gasteiger partial charge in [0, 0.05) is 19.1 Å². The van der Waals surface area contributed by atoms with Crippen molar-refractivity contribution < 1.29 is 0 Å². The average molecular weight is 245 g/mol. The number of aromatic nitrogens is 1. The molecule has 1 aromatic rings. The van der Waals surface area contributed by atoms with Crippen LogP contribution in [-0.2, 0) is 0 Å². The molecule has 2 rings (SSSR count). The van der Waals surface area contributed by atoms with Crippen molar-refractivity contribution in [2.75, 3.05) is 37.8 Å². The minimum atomic E-state index is 0.496. The quantitative estimate of drug-likeness (QED) is 0.839. The zero-order valence-corrected chi connectivity index (χ0v) is 11.1. The van der Waals surface area contributed by atoms with Crippen LogP contribution in [-0.4, -0.2) is 43.1 Å². The third-order valence-electron chi connectivity index (χ3n) is 3.54. The van der Waals surface area contributed by atoms with E-state index in [2.05, 4.69) is 41.9 Å². The molecule has 2 atom stereocenters. The topological polar surface area (TPSA) is 69.2 Å². The van der Waals surface area contributed by atoms with Crippen LogP contribution < -0.4 is 10.6 Å². The summed E-state index contributed by atoms with van der Waals surface area (Å²) in [7, 11) is 4.18. The Balaban J connectivity index is 2.27. The molecular weight excluding hydrogens is 226 g/mol. The van der Waals surface area contributed by atoms with Crippen molar-refractivity contribution >= 4 is 11.5 Å². The monoisotopic (exact) mass is 245 g/mol. The maximum Gasteiger partial charge on any atom is 0.146 e. The van der Waals surface area contributed by atoms with Gasteiger partial charge in [0.15, 0.2) is 0 Å². The summed E-state index contributed by atoms with van der Waals surface area (Å²) in [6, 6.07) is 4.36. The van der Waals surface area contributed by atoms with Crippen molar-refractivity contribution in [1.82, 2.24) is 9.88 Å². The van der Waals surface area contributed by atoms with Gasteiger partial charge in [0.2, 0.25) is 0 Å². The van der Waals surface area contributed by atoms with E-state index in [4.69, 9.17) is 11.0 Å². The van der Waals surface area contributed by atoms with Crippen molar-refractivity contribution in [3.63, 3.8) is 0 Å². The average Bonchev–Trinajstić information content (AvgIpc) is 2.71. The molecule has 1 aliphatic heterocycles. The molecule has 2 heterocycles. The first-order chi connectivity index (χ1) is 8.52. The molecule has 96 valence electrons. The van der Waals surface area contributed by atoms with E-state index in [1.807, 2.05) is 0 Å². The Kier molecular flexibility index (Phi) is 3.39. The van der Waals surface area contributed by atoms with Crippen LogP contribution in [0.2, 0.25) is 0 Å². The fourth-order valence-electron chi connectivity index (χ4n) is 2.60. The smallest absolute Gasteiger partial charge is 0.146 e. The van der Waals surface area contributed by atoms with Crippen molar-refractivity contribution in [2.45, 2.75) is 13.0 Å². The lowest BCUT2D eigenvalue weighted by atomic mass is 10.1. The Hall–Kier alpha value is -1.80. The van der Waals surface area contributed by atoms with E-state index in [0.29, 0.717) is 23.2 Å². The van der Waals surface area contributed by atoms with Gasteiger partial charge in [-0.25, -0.2) is 4.98 Å². The minimum Gasteiger partial charge on any atom is -0.397 e. The lowest BCUT2D eigenvalue weighted by molar-refractivity contribution is 0.266. The zero-order valence-electron chi connectivity index (χ0n) is 11.1. The highest BCUT2D eigenvalue weighted by Crippen LogP contribution is 2.27. The molecule has 0 bridgehead atoms. The van der Waals surface area contributed by atoms with Crippen LogP contribution in [0, 0.1) is 17.2 Å². The Labute approximate surface area is 108 Å². The second-order valence-electron chi connectivity index (χ2n) is 5.16. The molecular formula is C13H19N5. The van der Waals surface area contributed by atoms with E-state index in [9.17, 15) is 0 Å². The van der Waals surface area contributed by atoms with Gasteiger partial charge >= 0.3 is 0 Å². The molecule has 0 amide bonds. The number of likely N-dealkylation sites (N-methyl/N-ethyl adjacent to an activating group) is 1. The van der Waals surface area contributed by atoms with Gasteiger partial charge in [-0.1, -0.05) is 6.92 Å². The third kappa shape index (κ3) is 2.24. The van der Waals surface area contributed by atoms with Gasteiger partial charge in [0.25, 0.3) is 0 Å². The summed E-state index contributed by atoms with van der Waals surface area (Å²) in [6.45, 7) is 4.06. The van der Waals surface area contributed by atoms with Gasteiger partial charge in [-0.3, -0.25) is 0 Å². The van der Waals surface area contributed by atoms with E-state index in [0.717, 1.165) is 18.9 Å². The van der Waals surface area contributed by atoms with Gasteiger partial charge < -0.3 is 15.5 Å². The second-order valence-corrected chi connectivity index (χ2v) is 5.16. The summed E-state index contributed by atoms with van der Waals surface area (Å²) in [6.07, 6.45) is 1.61. The Bertz CT molecular complexity index is 477. The van der Waals surface area contributed by atoms with Crippen LogP contribution in [0.1, 0.15) is 12.5 Å². The molecule has 1 aromatic heterocycles. The number of anilines is 2. The Morgan fingerprint density at radius 3 is 2.78 bits per heavy atom. The molecule has 5 nitrogen and oxygen atoms in total. The van der Waals surface area contributed by atoms with Gasteiger partial charge in [0.1, 0.15) is 11.9 Å². The molecule has 5 heteroatoms. The van der Waals surface area contributed by atoms with Gasteiger partial charge in [0.05, 0.1) is 17.4 Å². The van der Waals surface area contributed by atoms with Crippen molar-refractivity contribution in [3.8, 4) is 6.07 Å². The molecule has 1 fully saturated rings. The summed E-state index contributed by atoms with van der Waals surface area (Å²) in [5, 5.41) is 9.16. The van der Waals surface area contributed by atoms with Crippen LogP contribution in [0.5, 0.6) is 0 Å². The van der Waals surface area contributed by atoms with Crippen LogP contribution in [0.4, 0.5) is 11.5 Å². The van der Waals surface area contributed by atoms with E-state index in [-0.39, 0.29) is 0 Å². The Morgan fingerprint density at radius 2 is 2.22 bits per heavy atom. The molecule has 0 radical (unpaired) electrons. The number of nitrogens with zero attached hydrogens (tertiary/aromatic N) is 4. The first-order valence-corrected chi connectivity index (χ1v) is 6.10. The standard InChI is InChI=1S/C13H19N5/c1-9-7-18(8-12(9)17(2)3)13-10(5-14)4-11(15)6-16-13/h4,6,9,12H,7-8,15H2,1-3H3. The van der Waals surface area contributed by atoms with Gasteiger partial charge in [-0.15, -0.1) is 0 Å². The molecule has 2 unspecified atom stereocenters. The molecule has 0 aliphatic carbocycles. The third-order valence-corrected chi connectivity index (χ3v) is 3.54. The number of rotatable bonds is 2. The fraction of sp³-hybridized carbons (Fsp3) is 0.538. The molecule has 0 aromatic carbocycles. The summed E-state index contributed by atoms with van der Waals surface area (Å²) in [5.41, 5.74) is 6.76. The number of nitrogen functional groups attached to an aromatic ring is 1. The fourth-order valence-corrected chi connectivity index (χ4v) is 2.60. The zero-order chi connectivity index (χ0) is 13.3. The van der Waals surface area contributed by atoms with E-state index < -0.39 is 0 Å². The molecule has 18 heavy (non-hydrogen) atoms. The molecule has 0 spiro atoms. The molecule has 1 saturated heterocycles. The van der Waals surface area contributed by atoms with E-state index in [1.54, 1.807) is 12.3 Å². The number of pyridine rings is 1. The lowest BCUT2D eigenvalue weighted by Gasteiger charge is -2.23. The normalized spacial score (nSPS) is 23.4. The Morgan fingerprint density at radius 1 is 1.50 bits per heavy atom. The second kappa shape index (κ2) is 4.83. The highest BCUT2D eigenvalue weighted by molar-refractivity contribution is 5.59. The number of nitrogens with two attached hydrogens (primary N) is 1. The van der Waals surface area contributed by atoms with Gasteiger partial charge in [-0.05, 0) is 26.1 Å². The highest BCUT2D eigenvalue weighted by atomic mass is 15.3. The number of hydrogen-bond acceptors (Lipinski definition) is 5. The van der Waals surface area contributed by atoms with E-state index in [1.165, 1.54) is 0 Å². The molecule has 2 N–H and O–H groups in total. The van der Waals surface area contributed by atoms with Crippen LogP contribution in [0.3, 0.4) is 0 Å². The van der Waals surface area contributed by atoms with Crippen LogP contribution >= 0.6 is 0 Å². The highest BCUT2D eigenvalue weighted by Gasteiger charge is 2.32. The first kappa shape index (κ1) is 12.7. The SMILES string of the molecule is CC1CN(c2ncc(N)cc2C#N)CC1N(C)C. The maximum atomic E-state index is 9.16. The van der Waals surface area contributed by atoms with E-state index >= 15 is 0 Å². The van der Waals surface area contributed by atoms with Crippen molar-refractivity contribution in [2.24, 2.45) is 5.92 Å². The lowest BCUT2D eigenvalue weighted by Crippen LogP contribution is -2.34. The summed E-state index contributed by atoms with van der Waals surface area (Å²) in [5.74, 6) is 1.31. The largest absolute Gasteiger partial charge is 0.397 e. The minimum absolute atomic E-state index is 0.496. The predicted molar refractivity (Wildman–Crippen MR) is 72.2 cm³/mol. The summed E-state index contributed by atoms with van der Waals surface area (Å²) >= 11 is 0. The number of nitriles is 1. The molecule has 1 aliphatic rings.